The maximum Gasteiger partial charge on any atom is 0.426 e. The first-order chi connectivity index (χ1) is 19.1. The highest BCUT2D eigenvalue weighted by Crippen LogP contribution is 2.41. The number of amides is 2. The Morgan fingerprint density at radius 3 is 2.51 bits per heavy atom. The molecule has 3 aromatic rings. The molecule has 0 bridgehead atoms. The number of carbonyl (C=O) groups is 2. The fourth-order valence-corrected chi connectivity index (χ4v) is 5.69. The Morgan fingerprint density at radius 2 is 1.83 bits per heavy atom. The van der Waals surface area contributed by atoms with E-state index in [1.54, 1.807) is 31.9 Å². The Balaban J connectivity index is 1.59. The van der Waals surface area contributed by atoms with Crippen molar-refractivity contribution in [1.29, 1.82) is 0 Å². The summed E-state index contributed by atoms with van der Waals surface area (Å²) in [5.41, 5.74) is 1.68. The van der Waals surface area contributed by atoms with Gasteiger partial charge in [0.1, 0.15) is 11.2 Å². The summed E-state index contributed by atoms with van der Waals surface area (Å²) in [5.74, 6) is -1.39. The number of nitrogens with one attached hydrogen (secondary N) is 1. The molecule has 2 N–H and O–H groups in total. The molecule has 2 amide bonds. The molecule has 8 nitrogen and oxygen atoms in total. The van der Waals surface area contributed by atoms with Gasteiger partial charge >= 0.3 is 12.3 Å². The van der Waals surface area contributed by atoms with Crippen LogP contribution in [-0.2, 0) is 22.5 Å². The van der Waals surface area contributed by atoms with Crippen molar-refractivity contribution in [2.24, 2.45) is 0 Å². The number of pyridine rings is 1. The van der Waals surface area contributed by atoms with Gasteiger partial charge in [0.25, 0.3) is 5.91 Å². The van der Waals surface area contributed by atoms with Crippen LogP contribution in [0.1, 0.15) is 68.8 Å². The smallest absolute Gasteiger partial charge is 0.426 e. The number of nitrogens with zero attached hydrogens (tertiary/aromatic N) is 3. The number of hydrogen-bond donors (Lipinski definition) is 2. The van der Waals surface area contributed by atoms with Crippen LogP contribution in [0.15, 0.2) is 30.6 Å². The van der Waals surface area contributed by atoms with Crippen molar-refractivity contribution >= 4 is 23.0 Å². The predicted octanol–water partition coefficient (Wildman–Crippen LogP) is 5.81. The van der Waals surface area contributed by atoms with E-state index in [0.717, 1.165) is 50.2 Å². The molecule has 2 aliphatic rings. The summed E-state index contributed by atoms with van der Waals surface area (Å²) in [6, 6.07) is 5.59. The summed E-state index contributed by atoms with van der Waals surface area (Å²) in [7, 11) is 0. The van der Waals surface area contributed by atoms with E-state index in [4.69, 9.17) is 4.74 Å². The number of aromatic amines is 1. The molecule has 5 rings (SSSR count). The van der Waals surface area contributed by atoms with Crippen molar-refractivity contribution < 1.29 is 32.6 Å². The zero-order valence-corrected chi connectivity index (χ0v) is 23.9. The van der Waals surface area contributed by atoms with Crippen LogP contribution in [0.25, 0.3) is 22.2 Å². The van der Waals surface area contributed by atoms with Crippen LogP contribution < -0.4 is 0 Å². The van der Waals surface area contributed by atoms with Gasteiger partial charge in [-0.25, -0.2) is 9.78 Å². The van der Waals surface area contributed by atoms with Crippen LogP contribution in [0, 0.1) is 6.92 Å². The van der Waals surface area contributed by atoms with E-state index in [2.05, 4.69) is 9.97 Å². The van der Waals surface area contributed by atoms with Crippen LogP contribution >= 0.6 is 0 Å². The zero-order chi connectivity index (χ0) is 29.9. The van der Waals surface area contributed by atoms with Gasteiger partial charge in [-0.15, -0.1) is 0 Å². The number of likely N-dealkylation sites (tertiary alicyclic amines) is 1. The van der Waals surface area contributed by atoms with Crippen LogP contribution in [0.5, 0.6) is 0 Å². The molecule has 1 aromatic carbocycles. The molecule has 41 heavy (non-hydrogen) atoms. The quantitative estimate of drug-likeness (QED) is 0.413. The molecule has 2 aromatic heterocycles. The van der Waals surface area contributed by atoms with Gasteiger partial charge < -0.3 is 24.6 Å². The summed E-state index contributed by atoms with van der Waals surface area (Å²) in [5, 5.41) is 11.1. The van der Waals surface area contributed by atoms with Crippen LogP contribution in [0.4, 0.5) is 18.0 Å². The van der Waals surface area contributed by atoms with Crippen molar-refractivity contribution in [2.75, 3.05) is 13.1 Å². The monoisotopic (exact) mass is 572 g/mol. The van der Waals surface area contributed by atoms with Gasteiger partial charge in [0.15, 0.2) is 0 Å². The molecule has 11 heteroatoms. The van der Waals surface area contributed by atoms with Crippen LogP contribution in [0.2, 0.25) is 0 Å². The molecule has 2 aliphatic heterocycles. The number of aliphatic hydroxyl groups is 1. The molecule has 2 atom stereocenters. The minimum Gasteiger partial charge on any atom is -0.444 e. The first kappa shape index (κ1) is 28.9. The van der Waals surface area contributed by atoms with E-state index in [1.807, 2.05) is 31.3 Å². The standard InChI is InChI=1S/C30H35F3N4O4/c1-17-14-34-25-21(17)13-20(15-35-25)19-11-18-8-10-36(26(38)29(5,40)30(31,32)33)16-23(18)22(12-19)24-7-6-9-37(24)27(39)41-28(2,3)4/h11-15,24,40H,6-10,16H2,1-5H3,(H,34,35)/t24-,29+/m0/s1. The van der Waals surface area contributed by atoms with Gasteiger partial charge in [-0.1, -0.05) is 6.07 Å². The molecule has 220 valence electrons. The maximum atomic E-state index is 13.5. The molecule has 0 radical (unpaired) electrons. The molecular weight excluding hydrogens is 537 g/mol. The Hall–Kier alpha value is -3.60. The summed E-state index contributed by atoms with van der Waals surface area (Å²) in [4.78, 5) is 36.5. The molecular formula is C30H35F3N4O4. The number of ether oxygens (including phenoxy) is 1. The van der Waals surface area contributed by atoms with Gasteiger partial charge in [0.05, 0.1) is 6.04 Å². The summed E-state index contributed by atoms with van der Waals surface area (Å²) >= 11 is 0. The third-order valence-electron chi connectivity index (χ3n) is 7.94. The Bertz CT molecular complexity index is 1510. The number of H-pyrrole nitrogens is 1. The number of alkyl halides is 3. The van der Waals surface area contributed by atoms with Crippen molar-refractivity contribution in [3.63, 3.8) is 0 Å². The maximum absolute atomic E-state index is 13.5. The third kappa shape index (κ3) is 5.39. The van der Waals surface area contributed by atoms with E-state index in [-0.39, 0.29) is 19.1 Å². The van der Waals surface area contributed by atoms with E-state index in [1.165, 1.54) is 0 Å². The second kappa shape index (κ2) is 10.0. The molecule has 0 unspecified atom stereocenters. The normalized spacial score (nSPS) is 19.3. The molecule has 4 heterocycles. The second-order valence-electron chi connectivity index (χ2n) is 12.2. The minimum absolute atomic E-state index is 0.0234. The minimum atomic E-state index is -5.11. The first-order valence-corrected chi connectivity index (χ1v) is 13.7. The molecule has 0 spiro atoms. The van der Waals surface area contributed by atoms with Crippen molar-refractivity contribution in [1.82, 2.24) is 19.8 Å². The lowest BCUT2D eigenvalue weighted by Gasteiger charge is -2.37. The SMILES string of the molecule is Cc1c[nH]c2ncc(-c3cc4c(c([C@@H]5CCCN5C(=O)OC(C)(C)C)c3)CN(C(=O)[C@@](C)(O)C(F)(F)F)CC4)cc12. The zero-order valence-electron chi connectivity index (χ0n) is 23.9. The number of fused-ring (bicyclic) bond motifs is 2. The van der Waals surface area contributed by atoms with Crippen molar-refractivity contribution in [3.05, 3.63) is 52.8 Å². The number of rotatable bonds is 3. The fourth-order valence-electron chi connectivity index (χ4n) is 5.69. The van der Waals surface area contributed by atoms with Gasteiger partial charge in [-0.3, -0.25) is 4.79 Å². The van der Waals surface area contributed by atoms with Crippen LogP contribution in [0.3, 0.4) is 0 Å². The van der Waals surface area contributed by atoms with E-state index in [0.29, 0.717) is 31.9 Å². The van der Waals surface area contributed by atoms with E-state index < -0.39 is 29.4 Å². The number of aryl methyl sites for hydroxylation is 1. The predicted molar refractivity (Wildman–Crippen MR) is 147 cm³/mol. The summed E-state index contributed by atoms with van der Waals surface area (Å²) in [6.45, 7) is 8.24. The molecule has 0 aliphatic carbocycles. The lowest BCUT2D eigenvalue weighted by atomic mass is 9.86. The Labute approximate surface area is 236 Å². The van der Waals surface area contributed by atoms with E-state index in [9.17, 15) is 27.9 Å². The average molecular weight is 573 g/mol. The summed E-state index contributed by atoms with van der Waals surface area (Å²) < 4.78 is 46.3. The number of aromatic nitrogens is 2. The van der Waals surface area contributed by atoms with Crippen molar-refractivity contribution in [3.8, 4) is 11.1 Å². The molecule has 1 saturated heterocycles. The first-order valence-electron chi connectivity index (χ1n) is 13.7. The topological polar surface area (TPSA) is 98.8 Å². The highest BCUT2D eigenvalue weighted by Gasteiger charge is 2.57. The average Bonchev–Trinajstić information content (AvgIpc) is 3.52. The molecule has 0 saturated carbocycles. The largest absolute Gasteiger partial charge is 0.444 e. The van der Waals surface area contributed by atoms with Gasteiger partial charge in [-0.2, -0.15) is 13.2 Å². The van der Waals surface area contributed by atoms with Gasteiger partial charge in [0, 0.05) is 43.0 Å². The number of hydrogen-bond acceptors (Lipinski definition) is 5. The van der Waals surface area contributed by atoms with Crippen molar-refractivity contribution in [2.45, 2.75) is 83.8 Å². The van der Waals surface area contributed by atoms with Gasteiger partial charge in [-0.05, 0) is 93.8 Å². The van der Waals surface area contributed by atoms with Crippen LogP contribution in [-0.4, -0.2) is 67.3 Å². The summed E-state index contributed by atoms with van der Waals surface area (Å²) in [6.07, 6.45) is -0.260. The lowest BCUT2D eigenvalue weighted by molar-refractivity contribution is -0.250. The molecule has 1 fully saturated rings. The highest BCUT2D eigenvalue weighted by atomic mass is 19.4. The number of carbonyl (C=O) groups excluding carboxylic acids is 2. The van der Waals surface area contributed by atoms with Gasteiger partial charge in [0.2, 0.25) is 5.60 Å². The Morgan fingerprint density at radius 1 is 1.10 bits per heavy atom. The highest BCUT2D eigenvalue weighted by molar-refractivity contribution is 5.86. The Kier molecular flexibility index (Phi) is 7.08. The fraction of sp³-hybridized carbons (Fsp3) is 0.500. The lowest BCUT2D eigenvalue weighted by Crippen LogP contribution is -2.56. The number of benzene rings is 1. The van der Waals surface area contributed by atoms with E-state index >= 15 is 0 Å². The third-order valence-corrected chi connectivity index (χ3v) is 7.94. The number of halogens is 3. The second-order valence-corrected chi connectivity index (χ2v) is 12.2.